The second kappa shape index (κ2) is 10.0. The predicted octanol–water partition coefficient (Wildman–Crippen LogP) is 4.84. The van der Waals surface area contributed by atoms with Crippen molar-refractivity contribution in [1.82, 2.24) is 4.90 Å². The number of aliphatic hydroxyl groups is 1. The normalized spacial score (nSPS) is 13.8. The van der Waals surface area contributed by atoms with Crippen LogP contribution in [0.4, 0.5) is 18.0 Å². The Bertz CT molecular complexity index is 908. The van der Waals surface area contributed by atoms with Crippen molar-refractivity contribution >= 4 is 12.1 Å². The fourth-order valence-corrected chi connectivity index (χ4v) is 2.82. The maximum atomic E-state index is 13.4. The van der Waals surface area contributed by atoms with Crippen LogP contribution in [0, 0.1) is 0 Å². The van der Waals surface area contributed by atoms with Crippen LogP contribution in [0.3, 0.4) is 0 Å². The maximum absolute atomic E-state index is 13.4. The van der Waals surface area contributed by atoms with E-state index in [1.54, 1.807) is 26.8 Å². The lowest BCUT2D eigenvalue weighted by Crippen LogP contribution is -2.36. The molecule has 0 saturated carbocycles. The largest absolute Gasteiger partial charge is 0.444 e. The van der Waals surface area contributed by atoms with Gasteiger partial charge in [0.2, 0.25) is 0 Å². The molecule has 6 nitrogen and oxygen atoms in total. The molecule has 2 aromatic carbocycles. The van der Waals surface area contributed by atoms with Gasteiger partial charge in [-0.25, -0.2) is 4.79 Å². The van der Waals surface area contributed by atoms with E-state index in [2.05, 4.69) is 0 Å². The molecule has 174 valence electrons. The lowest BCUT2D eigenvalue weighted by molar-refractivity contribution is -0.174. The molecule has 2 rings (SSSR count). The molecule has 1 amide bonds. The lowest BCUT2D eigenvalue weighted by atomic mass is 9.99. The summed E-state index contributed by atoms with van der Waals surface area (Å²) in [7, 11) is 1.47. The number of carbonyl (C=O) groups excluding carboxylic acids is 2. The first-order valence-electron chi connectivity index (χ1n) is 9.83. The summed E-state index contributed by atoms with van der Waals surface area (Å²) >= 11 is 0. The van der Waals surface area contributed by atoms with Crippen LogP contribution >= 0.6 is 0 Å². The molecule has 9 heteroatoms. The van der Waals surface area contributed by atoms with Gasteiger partial charge in [0.25, 0.3) is 0 Å². The van der Waals surface area contributed by atoms with Gasteiger partial charge in [-0.1, -0.05) is 42.5 Å². The highest BCUT2D eigenvalue weighted by Crippen LogP contribution is 2.36. The minimum Gasteiger partial charge on any atom is -0.444 e. The molecule has 0 bridgehead atoms. The van der Waals surface area contributed by atoms with Crippen molar-refractivity contribution in [3.8, 4) is 5.75 Å². The molecule has 0 fully saturated rings. The molecule has 32 heavy (non-hydrogen) atoms. The van der Waals surface area contributed by atoms with Crippen molar-refractivity contribution in [3.05, 3.63) is 65.7 Å². The zero-order chi connectivity index (χ0) is 24.1. The first-order chi connectivity index (χ1) is 14.8. The van der Waals surface area contributed by atoms with Crippen LogP contribution in [-0.2, 0) is 9.53 Å². The average Bonchev–Trinajstić information content (AvgIpc) is 2.67. The third-order valence-electron chi connectivity index (χ3n) is 4.33. The van der Waals surface area contributed by atoms with Gasteiger partial charge in [-0.3, -0.25) is 4.79 Å². The Labute approximate surface area is 184 Å². The number of ether oxygens (including phenoxy) is 2. The van der Waals surface area contributed by atoms with E-state index in [-0.39, 0.29) is 17.9 Å². The Morgan fingerprint density at radius 2 is 1.53 bits per heavy atom. The summed E-state index contributed by atoms with van der Waals surface area (Å²) in [5, 5.41) is 10.3. The molecular formula is C23H26F3NO5. The third kappa shape index (κ3) is 7.26. The topological polar surface area (TPSA) is 76.1 Å². The SMILES string of the molecule is CN(CC(O)c1ccc(OC(=O)C(c2ccccc2)C(F)(F)F)cc1)C(=O)OC(C)(C)C. The minimum absolute atomic E-state index is 0.0712. The minimum atomic E-state index is -4.82. The Morgan fingerprint density at radius 1 is 0.969 bits per heavy atom. The highest BCUT2D eigenvalue weighted by Gasteiger charge is 2.47. The fourth-order valence-electron chi connectivity index (χ4n) is 2.82. The first kappa shape index (κ1) is 25.2. The van der Waals surface area contributed by atoms with Gasteiger partial charge in [-0.2, -0.15) is 13.2 Å². The highest BCUT2D eigenvalue weighted by atomic mass is 19.4. The smallest absolute Gasteiger partial charge is 0.410 e. The quantitative estimate of drug-likeness (QED) is 0.501. The van der Waals surface area contributed by atoms with Crippen molar-refractivity contribution in [2.75, 3.05) is 13.6 Å². The van der Waals surface area contributed by atoms with Crippen LogP contribution in [0.25, 0.3) is 0 Å². The molecular weight excluding hydrogens is 427 g/mol. The maximum Gasteiger partial charge on any atom is 0.410 e. The molecule has 2 atom stereocenters. The predicted molar refractivity (Wildman–Crippen MR) is 111 cm³/mol. The molecule has 0 spiro atoms. The van der Waals surface area contributed by atoms with Gasteiger partial charge in [-0.15, -0.1) is 0 Å². The lowest BCUT2D eigenvalue weighted by Gasteiger charge is -2.26. The zero-order valence-electron chi connectivity index (χ0n) is 18.2. The zero-order valence-corrected chi connectivity index (χ0v) is 18.2. The van der Waals surface area contributed by atoms with Gasteiger partial charge in [0.05, 0.1) is 12.6 Å². The number of likely N-dealkylation sites (N-methyl/N-ethyl adjacent to an activating group) is 1. The summed E-state index contributed by atoms with van der Waals surface area (Å²) in [6.07, 6.45) is -6.51. The van der Waals surface area contributed by atoms with E-state index < -0.39 is 35.9 Å². The number of alkyl halides is 3. The first-order valence-corrected chi connectivity index (χ1v) is 9.83. The second-order valence-electron chi connectivity index (χ2n) is 8.25. The molecule has 0 aromatic heterocycles. The Kier molecular flexibility index (Phi) is 7.90. The van der Waals surface area contributed by atoms with E-state index in [1.165, 1.54) is 60.5 Å². The fraction of sp³-hybridized carbons (Fsp3) is 0.391. The number of rotatable bonds is 6. The summed E-state index contributed by atoms with van der Waals surface area (Å²) in [6, 6.07) is 12.2. The highest BCUT2D eigenvalue weighted by molar-refractivity contribution is 5.81. The Morgan fingerprint density at radius 3 is 2.03 bits per heavy atom. The van der Waals surface area contributed by atoms with E-state index in [1.807, 2.05) is 0 Å². The summed E-state index contributed by atoms with van der Waals surface area (Å²) in [5.41, 5.74) is -0.520. The van der Waals surface area contributed by atoms with Crippen LogP contribution in [0.5, 0.6) is 5.75 Å². The number of halogens is 3. The summed E-state index contributed by atoms with van der Waals surface area (Å²) in [4.78, 5) is 25.5. The average molecular weight is 453 g/mol. The van der Waals surface area contributed by atoms with Gasteiger partial charge in [0.1, 0.15) is 11.4 Å². The van der Waals surface area contributed by atoms with Gasteiger partial charge < -0.3 is 19.5 Å². The third-order valence-corrected chi connectivity index (χ3v) is 4.33. The van der Waals surface area contributed by atoms with E-state index in [4.69, 9.17) is 9.47 Å². The van der Waals surface area contributed by atoms with Crippen molar-refractivity contribution in [2.24, 2.45) is 0 Å². The Balaban J connectivity index is 2.05. The van der Waals surface area contributed by atoms with E-state index >= 15 is 0 Å². The number of benzene rings is 2. The molecule has 2 aromatic rings. The number of hydrogen-bond acceptors (Lipinski definition) is 5. The molecule has 1 N–H and O–H groups in total. The molecule has 0 radical (unpaired) electrons. The van der Waals surface area contributed by atoms with Crippen molar-refractivity contribution in [3.63, 3.8) is 0 Å². The van der Waals surface area contributed by atoms with Crippen molar-refractivity contribution in [1.29, 1.82) is 0 Å². The van der Waals surface area contributed by atoms with Crippen molar-refractivity contribution in [2.45, 2.75) is 44.6 Å². The van der Waals surface area contributed by atoms with Gasteiger partial charge in [-0.05, 0) is 44.0 Å². The summed E-state index contributed by atoms with van der Waals surface area (Å²) in [6.45, 7) is 5.08. The number of esters is 1. The molecule has 0 saturated heterocycles. The Hall–Kier alpha value is -3.07. The number of amides is 1. The molecule has 0 aliphatic heterocycles. The van der Waals surface area contributed by atoms with Gasteiger partial charge in [0, 0.05) is 7.05 Å². The second-order valence-corrected chi connectivity index (χ2v) is 8.25. The molecule has 0 heterocycles. The monoisotopic (exact) mass is 453 g/mol. The molecule has 2 unspecified atom stereocenters. The number of aliphatic hydroxyl groups excluding tert-OH is 1. The number of nitrogens with zero attached hydrogens (tertiary/aromatic N) is 1. The molecule has 0 aliphatic carbocycles. The number of carbonyl (C=O) groups is 2. The molecule has 0 aliphatic rings. The van der Waals surface area contributed by atoms with Crippen LogP contribution < -0.4 is 4.74 Å². The van der Waals surface area contributed by atoms with Crippen molar-refractivity contribution < 1.29 is 37.3 Å². The van der Waals surface area contributed by atoms with Crippen LogP contribution in [0.1, 0.15) is 43.9 Å². The summed E-state index contributed by atoms with van der Waals surface area (Å²) < 4.78 is 50.5. The summed E-state index contributed by atoms with van der Waals surface area (Å²) in [5.74, 6) is -3.98. The van der Waals surface area contributed by atoms with Gasteiger partial charge in [0.15, 0.2) is 5.92 Å². The van der Waals surface area contributed by atoms with E-state index in [0.717, 1.165) is 0 Å². The van der Waals surface area contributed by atoms with Gasteiger partial charge >= 0.3 is 18.2 Å². The van der Waals surface area contributed by atoms with E-state index in [0.29, 0.717) is 5.56 Å². The van der Waals surface area contributed by atoms with Crippen LogP contribution in [0.15, 0.2) is 54.6 Å². The van der Waals surface area contributed by atoms with E-state index in [9.17, 15) is 27.9 Å². The standard InChI is InChI=1S/C23H26F3NO5/c1-22(2,3)32-21(30)27(4)14-18(28)15-10-12-17(13-11-15)31-20(29)19(23(24,25)26)16-8-6-5-7-9-16/h5-13,18-19,28H,14H2,1-4H3. The van der Waals surface area contributed by atoms with Crippen LogP contribution in [0.2, 0.25) is 0 Å². The number of hydrogen-bond donors (Lipinski definition) is 1. The van der Waals surface area contributed by atoms with Crippen LogP contribution in [-0.4, -0.2) is 47.4 Å².